The van der Waals surface area contributed by atoms with Crippen molar-refractivity contribution in [2.24, 2.45) is 11.1 Å². The molecule has 1 atom stereocenters. The molecule has 2 heterocycles. The number of hydrogen-bond acceptors (Lipinski definition) is 4. The number of nitrogens with two attached hydrogens (primary N) is 1. The fourth-order valence-corrected chi connectivity index (χ4v) is 3.80. The zero-order valence-electron chi connectivity index (χ0n) is 10.1. The van der Waals surface area contributed by atoms with Gasteiger partial charge in [0.15, 0.2) is 0 Å². The van der Waals surface area contributed by atoms with Gasteiger partial charge in [0, 0.05) is 18.0 Å². The molecule has 0 aromatic carbocycles. The van der Waals surface area contributed by atoms with Gasteiger partial charge in [-0.25, -0.2) is 13.6 Å². The molecular formula is C11H16N2O3S2. The highest BCUT2D eigenvalue weighted by Gasteiger charge is 2.23. The van der Waals surface area contributed by atoms with Crippen LogP contribution in [0.4, 0.5) is 0 Å². The second-order valence-electron chi connectivity index (χ2n) is 4.68. The Morgan fingerprint density at radius 2 is 2.28 bits per heavy atom. The Balaban J connectivity index is 2.02. The Bertz CT molecular complexity index is 550. The van der Waals surface area contributed by atoms with Crippen LogP contribution in [0.25, 0.3) is 0 Å². The van der Waals surface area contributed by atoms with Crippen LogP contribution in [0.15, 0.2) is 16.3 Å². The number of sulfonamides is 1. The number of rotatable bonds is 3. The van der Waals surface area contributed by atoms with Gasteiger partial charge in [0.05, 0.1) is 6.42 Å². The highest BCUT2D eigenvalue weighted by Crippen LogP contribution is 2.22. The smallest absolute Gasteiger partial charge is 0.247 e. The fourth-order valence-electron chi connectivity index (χ4n) is 2.03. The quantitative estimate of drug-likeness (QED) is 0.893. The third-order valence-corrected chi connectivity index (χ3v) is 5.54. The molecule has 1 aliphatic rings. The van der Waals surface area contributed by atoms with Gasteiger partial charge in [0.1, 0.15) is 4.21 Å². The van der Waals surface area contributed by atoms with E-state index in [1.54, 1.807) is 6.07 Å². The monoisotopic (exact) mass is 288 g/mol. The number of hydrogen-bond donors (Lipinski definition) is 1. The van der Waals surface area contributed by atoms with Crippen molar-refractivity contribution in [2.75, 3.05) is 13.1 Å². The van der Waals surface area contributed by atoms with Crippen molar-refractivity contribution in [3.05, 3.63) is 17.0 Å². The summed E-state index contributed by atoms with van der Waals surface area (Å²) >= 11 is 1.07. The molecule has 18 heavy (non-hydrogen) atoms. The van der Waals surface area contributed by atoms with Gasteiger partial charge in [-0.3, -0.25) is 4.79 Å². The van der Waals surface area contributed by atoms with Gasteiger partial charge in [-0.2, -0.15) is 0 Å². The van der Waals surface area contributed by atoms with E-state index in [1.807, 2.05) is 4.90 Å². The van der Waals surface area contributed by atoms with Gasteiger partial charge >= 0.3 is 0 Å². The molecule has 0 radical (unpaired) electrons. The average molecular weight is 288 g/mol. The van der Waals surface area contributed by atoms with Crippen molar-refractivity contribution in [3.63, 3.8) is 0 Å². The van der Waals surface area contributed by atoms with Gasteiger partial charge in [0.2, 0.25) is 15.9 Å². The lowest BCUT2D eigenvalue weighted by Crippen LogP contribution is -2.29. The summed E-state index contributed by atoms with van der Waals surface area (Å²) in [5, 5.41) is 5.03. The minimum Gasteiger partial charge on any atom is -0.342 e. The Morgan fingerprint density at radius 1 is 1.56 bits per heavy atom. The third-order valence-electron chi connectivity index (χ3n) is 3.02. The third kappa shape index (κ3) is 3.09. The highest BCUT2D eigenvalue weighted by molar-refractivity contribution is 7.91. The molecule has 1 unspecified atom stereocenters. The summed E-state index contributed by atoms with van der Waals surface area (Å²) in [6, 6.07) is 3.11. The summed E-state index contributed by atoms with van der Waals surface area (Å²) < 4.78 is 22.4. The predicted octanol–water partition coefficient (Wildman–Crippen LogP) is 0.806. The van der Waals surface area contributed by atoms with Crippen LogP contribution in [0, 0.1) is 5.92 Å². The van der Waals surface area contributed by atoms with Crippen molar-refractivity contribution >= 4 is 27.3 Å². The number of thiophene rings is 1. The second kappa shape index (κ2) is 4.99. The van der Waals surface area contributed by atoms with Gasteiger partial charge in [-0.1, -0.05) is 6.92 Å². The average Bonchev–Trinajstić information content (AvgIpc) is 2.85. The first-order chi connectivity index (χ1) is 8.36. The molecule has 0 bridgehead atoms. The Hall–Kier alpha value is -0.920. The van der Waals surface area contributed by atoms with Crippen molar-refractivity contribution in [1.82, 2.24) is 4.90 Å². The number of amides is 1. The SMILES string of the molecule is CC1CCN(C(=O)Cc2ccc(S(N)(=O)=O)s2)C1. The van der Waals surface area contributed by atoms with E-state index >= 15 is 0 Å². The standard InChI is InChI=1S/C11H16N2O3S2/c1-8-4-5-13(7-8)10(14)6-9-2-3-11(17-9)18(12,15)16/h2-3,8H,4-7H2,1H3,(H2,12,15,16). The maximum Gasteiger partial charge on any atom is 0.247 e. The van der Waals surface area contributed by atoms with Gasteiger partial charge < -0.3 is 4.90 Å². The van der Waals surface area contributed by atoms with Gasteiger partial charge in [-0.15, -0.1) is 11.3 Å². The van der Waals surface area contributed by atoms with Crippen molar-refractivity contribution in [3.8, 4) is 0 Å². The molecular weight excluding hydrogens is 272 g/mol. The number of nitrogens with zero attached hydrogens (tertiary/aromatic N) is 1. The Kier molecular flexibility index (Phi) is 3.74. The van der Waals surface area contributed by atoms with Crippen LogP contribution in [0.3, 0.4) is 0 Å². The van der Waals surface area contributed by atoms with Crippen LogP contribution in [-0.4, -0.2) is 32.3 Å². The van der Waals surface area contributed by atoms with E-state index in [0.29, 0.717) is 5.92 Å². The van der Waals surface area contributed by atoms with E-state index in [0.717, 1.165) is 35.7 Å². The first-order valence-corrected chi connectivity index (χ1v) is 8.12. The topological polar surface area (TPSA) is 80.5 Å². The molecule has 1 aromatic heterocycles. The molecule has 1 aromatic rings. The summed E-state index contributed by atoms with van der Waals surface area (Å²) in [5.74, 6) is 0.611. The molecule has 1 amide bonds. The molecule has 1 fully saturated rings. The van der Waals surface area contributed by atoms with Crippen LogP contribution in [0.1, 0.15) is 18.2 Å². The van der Waals surface area contributed by atoms with Crippen molar-refractivity contribution in [2.45, 2.75) is 24.0 Å². The minimum absolute atomic E-state index is 0.0576. The molecule has 1 aliphatic heterocycles. The molecule has 2 N–H and O–H groups in total. The van der Waals surface area contributed by atoms with Crippen LogP contribution < -0.4 is 5.14 Å². The van der Waals surface area contributed by atoms with Crippen LogP contribution in [-0.2, 0) is 21.2 Å². The molecule has 0 spiro atoms. The zero-order valence-corrected chi connectivity index (χ0v) is 11.8. The van der Waals surface area contributed by atoms with E-state index in [2.05, 4.69) is 6.92 Å². The van der Waals surface area contributed by atoms with E-state index in [9.17, 15) is 13.2 Å². The molecule has 0 aliphatic carbocycles. The molecule has 100 valence electrons. The molecule has 5 nitrogen and oxygen atoms in total. The van der Waals surface area contributed by atoms with E-state index in [1.165, 1.54) is 6.07 Å². The van der Waals surface area contributed by atoms with Crippen LogP contribution in [0.2, 0.25) is 0 Å². The second-order valence-corrected chi connectivity index (χ2v) is 7.63. The molecule has 7 heteroatoms. The lowest BCUT2D eigenvalue weighted by molar-refractivity contribution is -0.129. The van der Waals surface area contributed by atoms with Gasteiger partial charge in [0.25, 0.3) is 0 Å². The molecule has 1 saturated heterocycles. The maximum absolute atomic E-state index is 12.0. The number of carbonyl (C=O) groups excluding carboxylic acids is 1. The number of likely N-dealkylation sites (tertiary alicyclic amines) is 1. The molecule has 2 rings (SSSR count). The van der Waals surface area contributed by atoms with E-state index < -0.39 is 10.0 Å². The zero-order chi connectivity index (χ0) is 13.3. The first-order valence-electron chi connectivity index (χ1n) is 5.75. The van der Waals surface area contributed by atoms with Crippen molar-refractivity contribution < 1.29 is 13.2 Å². The fraction of sp³-hybridized carbons (Fsp3) is 0.545. The normalized spacial score (nSPS) is 20.3. The molecule has 0 saturated carbocycles. The summed E-state index contributed by atoms with van der Waals surface area (Å²) in [7, 11) is -3.65. The Morgan fingerprint density at radius 3 is 2.78 bits per heavy atom. The summed E-state index contributed by atoms with van der Waals surface area (Å²) in [5.41, 5.74) is 0. The minimum atomic E-state index is -3.65. The Labute approximate surface area is 111 Å². The maximum atomic E-state index is 12.0. The van der Waals surface area contributed by atoms with E-state index in [4.69, 9.17) is 5.14 Å². The highest BCUT2D eigenvalue weighted by atomic mass is 32.2. The van der Waals surface area contributed by atoms with E-state index in [-0.39, 0.29) is 16.5 Å². The lowest BCUT2D eigenvalue weighted by Gasteiger charge is -2.14. The first kappa shape index (κ1) is 13.5. The number of carbonyl (C=O) groups is 1. The van der Waals surface area contributed by atoms with Crippen LogP contribution in [0.5, 0.6) is 0 Å². The van der Waals surface area contributed by atoms with Gasteiger partial charge in [-0.05, 0) is 24.5 Å². The summed E-state index contributed by atoms with van der Waals surface area (Å²) in [6.45, 7) is 3.72. The predicted molar refractivity (Wildman–Crippen MR) is 69.8 cm³/mol. The van der Waals surface area contributed by atoms with Crippen molar-refractivity contribution in [1.29, 1.82) is 0 Å². The number of primary sulfonamides is 1. The van der Waals surface area contributed by atoms with Crippen LogP contribution >= 0.6 is 11.3 Å². The summed E-state index contributed by atoms with van der Waals surface area (Å²) in [6.07, 6.45) is 1.30. The largest absolute Gasteiger partial charge is 0.342 e. The lowest BCUT2D eigenvalue weighted by atomic mass is 10.2. The summed E-state index contributed by atoms with van der Waals surface area (Å²) in [4.78, 5) is 14.5.